The van der Waals surface area contributed by atoms with E-state index >= 15 is 0 Å². The van der Waals surface area contributed by atoms with E-state index in [1.807, 2.05) is 60.7 Å². The Hall–Kier alpha value is -3.02. The van der Waals surface area contributed by atoms with Gasteiger partial charge in [-0.05, 0) is 30.3 Å². The molecule has 1 amide bonds. The summed E-state index contributed by atoms with van der Waals surface area (Å²) >= 11 is 6.27. The molecule has 3 aromatic carbocycles. The summed E-state index contributed by atoms with van der Waals surface area (Å²) in [7, 11) is 0. The molecule has 0 aliphatic carbocycles. The summed E-state index contributed by atoms with van der Waals surface area (Å²) in [5, 5.41) is 3.72. The van der Waals surface area contributed by atoms with E-state index in [4.69, 9.17) is 21.1 Å². The van der Waals surface area contributed by atoms with Crippen molar-refractivity contribution < 1.29 is 14.3 Å². The lowest BCUT2D eigenvalue weighted by molar-refractivity contribution is -0.116. The van der Waals surface area contributed by atoms with Crippen LogP contribution in [0, 0.1) is 0 Å². The maximum absolute atomic E-state index is 13.6. The number of para-hydroxylation sites is 2. The molecule has 2 aliphatic rings. The molecule has 0 radical (unpaired) electrons. The van der Waals surface area contributed by atoms with Crippen molar-refractivity contribution in [2.24, 2.45) is 0 Å². The van der Waals surface area contributed by atoms with Crippen molar-refractivity contribution in [2.45, 2.75) is 5.92 Å². The second-order valence-corrected chi connectivity index (χ2v) is 7.80. The molecule has 0 saturated carbocycles. The molecular weight excluding hydrogens is 400 g/mol. The monoisotopic (exact) mass is 420 g/mol. The van der Waals surface area contributed by atoms with Crippen LogP contribution in [-0.4, -0.2) is 32.2 Å². The first-order valence-corrected chi connectivity index (χ1v) is 10.4. The second kappa shape index (κ2) is 8.01. The van der Waals surface area contributed by atoms with Gasteiger partial charge in [-0.2, -0.15) is 0 Å². The van der Waals surface area contributed by atoms with Gasteiger partial charge in [-0.15, -0.1) is 0 Å². The maximum atomic E-state index is 13.6. The molecule has 0 aromatic heterocycles. The molecule has 5 nitrogen and oxygen atoms in total. The summed E-state index contributed by atoms with van der Waals surface area (Å²) in [6.45, 7) is 2.87. The summed E-state index contributed by atoms with van der Waals surface area (Å²) in [6.07, 6.45) is 0. The minimum absolute atomic E-state index is 0.116. The third-order valence-electron chi connectivity index (χ3n) is 5.51. The number of rotatable bonds is 3. The molecular formula is C24H21ClN2O3. The highest BCUT2D eigenvalue weighted by Crippen LogP contribution is 2.44. The van der Waals surface area contributed by atoms with Gasteiger partial charge in [0.2, 0.25) is 5.91 Å². The van der Waals surface area contributed by atoms with Crippen LogP contribution in [0.5, 0.6) is 11.5 Å². The number of hydrogen-bond donors (Lipinski definition) is 1. The average molecular weight is 421 g/mol. The van der Waals surface area contributed by atoms with E-state index in [9.17, 15) is 4.79 Å². The molecule has 6 heteroatoms. The van der Waals surface area contributed by atoms with Crippen molar-refractivity contribution >= 4 is 28.9 Å². The fourth-order valence-corrected chi connectivity index (χ4v) is 4.26. The van der Waals surface area contributed by atoms with Crippen molar-refractivity contribution in [3.05, 3.63) is 82.9 Å². The first-order chi connectivity index (χ1) is 14.7. The zero-order valence-electron chi connectivity index (χ0n) is 16.3. The number of anilines is 2. The summed E-state index contributed by atoms with van der Waals surface area (Å²) in [4.78, 5) is 15.8. The number of carbonyl (C=O) groups is 1. The Morgan fingerprint density at radius 3 is 2.23 bits per heavy atom. The van der Waals surface area contributed by atoms with Crippen LogP contribution in [0.3, 0.4) is 0 Å². The predicted molar refractivity (Wildman–Crippen MR) is 118 cm³/mol. The Kier molecular flexibility index (Phi) is 5.07. The molecule has 1 saturated heterocycles. The van der Waals surface area contributed by atoms with Crippen molar-refractivity contribution in [2.75, 3.05) is 36.5 Å². The van der Waals surface area contributed by atoms with E-state index in [0.717, 1.165) is 29.9 Å². The van der Waals surface area contributed by atoms with Crippen molar-refractivity contribution in [1.29, 1.82) is 0 Å². The first-order valence-electron chi connectivity index (χ1n) is 9.99. The van der Waals surface area contributed by atoms with Crippen LogP contribution >= 0.6 is 11.6 Å². The molecule has 2 heterocycles. The molecule has 5 rings (SSSR count). The van der Waals surface area contributed by atoms with Crippen LogP contribution in [0.15, 0.2) is 66.7 Å². The number of halogens is 1. The highest BCUT2D eigenvalue weighted by Gasteiger charge is 2.33. The normalized spacial score (nSPS) is 15.7. The zero-order chi connectivity index (χ0) is 20.5. The van der Waals surface area contributed by atoms with E-state index in [1.165, 1.54) is 0 Å². The Morgan fingerprint density at radius 2 is 1.57 bits per heavy atom. The van der Waals surface area contributed by atoms with Gasteiger partial charge in [-0.1, -0.05) is 48.0 Å². The molecule has 0 unspecified atom stereocenters. The SMILES string of the molecule is O=C(Nc1cc(Cl)ccc1N1CCOCC1)C1c2ccccc2Oc2ccccc21. The number of nitrogens with zero attached hydrogens (tertiary/aromatic N) is 1. The van der Waals surface area contributed by atoms with E-state index < -0.39 is 5.92 Å². The van der Waals surface area contributed by atoms with Gasteiger partial charge in [-0.3, -0.25) is 4.79 Å². The fourth-order valence-electron chi connectivity index (χ4n) is 4.09. The van der Waals surface area contributed by atoms with Gasteiger partial charge < -0.3 is 19.7 Å². The van der Waals surface area contributed by atoms with Gasteiger partial charge in [0.1, 0.15) is 11.5 Å². The zero-order valence-corrected chi connectivity index (χ0v) is 17.1. The highest BCUT2D eigenvalue weighted by atomic mass is 35.5. The van der Waals surface area contributed by atoms with Gasteiger partial charge in [0.15, 0.2) is 0 Å². The van der Waals surface area contributed by atoms with Crippen LogP contribution in [0.1, 0.15) is 17.0 Å². The minimum atomic E-state index is -0.470. The Balaban J connectivity index is 1.52. The summed E-state index contributed by atoms with van der Waals surface area (Å²) in [5.41, 5.74) is 3.35. The quantitative estimate of drug-likeness (QED) is 0.644. The number of carbonyl (C=O) groups excluding carboxylic acids is 1. The number of hydrogen-bond acceptors (Lipinski definition) is 4. The summed E-state index contributed by atoms with van der Waals surface area (Å²) in [6, 6.07) is 21.0. The van der Waals surface area contributed by atoms with Crippen LogP contribution in [0.25, 0.3) is 0 Å². The van der Waals surface area contributed by atoms with Crippen LogP contribution in [0.2, 0.25) is 5.02 Å². The Labute approximate surface area is 180 Å². The molecule has 0 bridgehead atoms. The second-order valence-electron chi connectivity index (χ2n) is 7.36. The van der Waals surface area contributed by atoms with Gasteiger partial charge in [0, 0.05) is 29.2 Å². The van der Waals surface area contributed by atoms with Crippen molar-refractivity contribution in [1.82, 2.24) is 0 Å². The van der Waals surface area contributed by atoms with Gasteiger partial charge in [-0.25, -0.2) is 0 Å². The lowest BCUT2D eigenvalue weighted by atomic mass is 9.87. The maximum Gasteiger partial charge on any atom is 0.236 e. The topological polar surface area (TPSA) is 50.8 Å². The lowest BCUT2D eigenvalue weighted by Crippen LogP contribution is -2.37. The number of benzene rings is 3. The van der Waals surface area contributed by atoms with Crippen LogP contribution in [-0.2, 0) is 9.53 Å². The molecule has 1 fully saturated rings. The smallest absolute Gasteiger partial charge is 0.236 e. The standard InChI is InChI=1S/C24H21ClN2O3/c25-16-9-10-20(27-11-13-29-14-12-27)19(15-16)26-24(28)23-17-5-1-3-7-21(17)30-22-8-4-2-6-18(22)23/h1-10,15,23H,11-14H2,(H,26,28). The summed E-state index contributed by atoms with van der Waals surface area (Å²) in [5.74, 6) is 0.823. The molecule has 3 aromatic rings. The van der Waals surface area contributed by atoms with E-state index in [-0.39, 0.29) is 5.91 Å². The van der Waals surface area contributed by atoms with Gasteiger partial charge >= 0.3 is 0 Å². The highest BCUT2D eigenvalue weighted by molar-refractivity contribution is 6.31. The number of amides is 1. The molecule has 30 heavy (non-hydrogen) atoms. The Morgan fingerprint density at radius 1 is 0.933 bits per heavy atom. The van der Waals surface area contributed by atoms with Gasteiger partial charge in [0.25, 0.3) is 0 Å². The predicted octanol–water partition coefficient (Wildman–Crippen LogP) is 5.05. The third kappa shape index (κ3) is 3.51. The summed E-state index contributed by atoms with van der Waals surface area (Å²) < 4.78 is 11.5. The lowest BCUT2D eigenvalue weighted by Gasteiger charge is -2.31. The molecule has 0 spiro atoms. The molecule has 2 aliphatic heterocycles. The number of nitrogens with one attached hydrogen (secondary N) is 1. The van der Waals surface area contributed by atoms with E-state index in [0.29, 0.717) is 35.4 Å². The minimum Gasteiger partial charge on any atom is -0.457 e. The fraction of sp³-hybridized carbons (Fsp3) is 0.208. The third-order valence-corrected chi connectivity index (χ3v) is 5.75. The van der Waals surface area contributed by atoms with Crippen molar-refractivity contribution in [3.8, 4) is 11.5 Å². The van der Waals surface area contributed by atoms with Gasteiger partial charge in [0.05, 0.1) is 30.5 Å². The number of morpholine rings is 1. The largest absolute Gasteiger partial charge is 0.457 e. The van der Waals surface area contributed by atoms with Crippen LogP contribution < -0.4 is 15.0 Å². The first kappa shape index (κ1) is 19.0. The average Bonchev–Trinajstić information content (AvgIpc) is 2.78. The molecule has 152 valence electrons. The number of fused-ring (bicyclic) bond motifs is 2. The van der Waals surface area contributed by atoms with E-state index in [1.54, 1.807) is 6.07 Å². The number of ether oxygens (including phenoxy) is 2. The van der Waals surface area contributed by atoms with Crippen LogP contribution in [0.4, 0.5) is 11.4 Å². The molecule has 1 N–H and O–H groups in total. The van der Waals surface area contributed by atoms with E-state index in [2.05, 4.69) is 10.2 Å². The van der Waals surface area contributed by atoms with Crippen molar-refractivity contribution in [3.63, 3.8) is 0 Å². The Bertz CT molecular complexity index is 1050. The molecule has 0 atom stereocenters.